The van der Waals surface area contributed by atoms with Gasteiger partial charge >= 0.3 is 5.97 Å². The van der Waals surface area contributed by atoms with E-state index in [2.05, 4.69) is 0 Å². The number of hydrogen-bond donors (Lipinski definition) is 5. The summed E-state index contributed by atoms with van der Waals surface area (Å²) in [5.41, 5.74) is 3.97. The molecule has 4 aromatic rings. The van der Waals surface area contributed by atoms with E-state index in [1.807, 2.05) is 5.38 Å². The topological polar surface area (TPSA) is 212 Å². The molecule has 54 heavy (non-hydrogen) atoms. The number of hydrogen-bond acceptors (Lipinski definition) is 16. The second-order valence-electron chi connectivity index (χ2n) is 13.2. The van der Waals surface area contributed by atoms with Gasteiger partial charge in [0.15, 0.2) is 18.7 Å². The van der Waals surface area contributed by atoms with Crippen molar-refractivity contribution in [2.75, 3.05) is 13.7 Å². The van der Waals surface area contributed by atoms with Crippen molar-refractivity contribution in [1.82, 2.24) is 0 Å². The molecular weight excluding hydrogens is 782 g/mol. The highest BCUT2D eigenvalue weighted by atomic mass is 35.5. The number of aliphatic hydroxyl groups excluding tert-OH is 1. The number of fused-ring (bicyclic) bond motifs is 3. The molecule has 1 aromatic heterocycles. The van der Waals surface area contributed by atoms with Crippen LogP contribution in [0.25, 0.3) is 11.1 Å². The van der Waals surface area contributed by atoms with E-state index < -0.39 is 102 Å². The van der Waals surface area contributed by atoms with Crippen LogP contribution in [-0.2, 0) is 25.4 Å². The maximum atomic E-state index is 13.9. The van der Waals surface area contributed by atoms with Gasteiger partial charge in [-0.2, -0.15) is 0 Å². The molecule has 0 bridgehead atoms. The van der Waals surface area contributed by atoms with Crippen LogP contribution in [0.5, 0.6) is 17.2 Å². The Labute approximate surface area is 326 Å². The van der Waals surface area contributed by atoms with Crippen LogP contribution in [0, 0.1) is 3.82 Å². The molecule has 284 valence electrons. The van der Waals surface area contributed by atoms with Crippen molar-refractivity contribution in [2.24, 2.45) is 5.73 Å². The average Bonchev–Trinajstić information content (AvgIpc) is 3.58. The van der Waals surface area contributed by atoms with E-state index in [1.54, 1.807) is 19.1 Å². The fourth-order valence-corrected chi connectivity index (χ4v) is 9.53. The van der Waals surface area contributed by atoms with Crippen LogP contribution < -0.4 is 10.5 Å². The Morgan fingerprint density at radius 1 is 1.04 bits per heavy atom. The number of nitrogens with two attached hydrogens (primary N) is 1. The third-order valence-electron chi connectivity index (χ3n) is 9.94. The molecule has 0 amide bonds. The molecule has 1 aliphatic heterocycles. The van der Waals surface area contributed by atoms with Gasteiger partial charge in [-0.25, -0.2) is 4.79 Å². The fourth-order valence-electron chi connectivity index (χ4n) is 7.13. The van der Waals surface area contributed by atoms with E-state index in [4.69, 9.17) is 36.9 Å². The van der Waals surface area contributed by atoms with E-state index in [-0.39, 0.29) is 52.4 Å². The Morgan fingerprint density at radius 3 is 2.39 bits per heavy atom. The van der Waals surface area contributed by atoms with Gasteiger partial charge in [-0.05, 0) is 30.7 Å². The number of aromatic hydroxyl groups is 2. The Morgan fingerprint density at radius 2 is 1.74 bits per heavy atom. The van der Waals surface area contributed by atoms with Gasteiger partial charge in [-0.3, -0.25) is 14.4 Å². The van der Waals surface area contributed by atoms with Crippen LogP contribution in [0.1, 0.15) is 79.2 Å². The zero-order chi connectivity index (χ0) is 37.9. The first-order chi connectivity index (χ1) is 25.2. The van der Waals surface area contributed by atoms with Gasteiger partial charge < -0.3 is 45.1 Å². The Balaban J connectivity index is 0.00000497. The molecule has 0 saturated carbocycles. The predicted molar refractivity (Wildman–Crippen MR) is 201 cm³/mol. The number of carbonyl (C=O) groups is 4. The summed E-state index contributed by atoms with van der Waals surface area (Å²) in [5, 5.41) is 47.7. The van der Waals surface area contributed by atoms with Crippen LogP contribution in [0.2, 0.25) is 0 Å². The maximum absolute atomic E-state index is 13.9. The number of ketones is 3. The molecule has 17 heteroatoms. The highest BCUT2D eigenvalue weighted by molar-refractivity contribution is 7.79. The first kappa shape index (κ1) is 39.6. The van der Waals surface area contributed by atoms with Crippen molar-refractivity contribution in [1.29, 1.82) is 0 Å². The number of phenolic OH excluding ortho intramolecular Hbond substituents is 2. The Hall–Kier alpha value is -4.10. The number of ether oxygens (including phenoxy) is 4. The molecule has 0 spiro atoms. The summed E-state index contributed by atoms with van der Waals surface area (Å²) in [4.78, 5) is 54.5. The minimum atomic E-state index is -2.37. The van der Waals surface area contributed by atoms with Crippen molar-refractivity contribution in [3.8, 4) is 28.4 Å². The molecule has 13 nitrogen and oxygen atoms in total. The monoisotopic (exact) mass is 815 g/mol. The summed E-state index contributed by atoms with van der Waals surface area (Å²) in [7, 11) is 4.27. The summed E-state index contributed by atoms with van der Waals surface area (Å²) >= 11 is 5.35. The fraction of sp³-hybridized carbons (Fsp3) is 0.324. The summed E-state index contributed by atoms with van der Waals surface area (Å²) in [5.74, 6) is -4.76. The lowest BCUT2D eigenvalue weighted by Gasteiger charge is -2.42. The second-order valence-corrected chi connectivity index (χ2v) is 15.9. The lowest BCUT2D eigenvalue weighted by atomic mass is 9.72. The lowest BCUT2D eigenvalue weighted by molar-refractivity contribution is -0.247. The number of Topliss-reactive ketones (excluding diaryl/α,β-unsaturated/α-hetero) is 1. The van der Waals surface area contributed by atoms with Crippen molar-refractivity contribution >= 4 is 68.6 Å². The normalized spacial score (nSPS) is 24.4. The minimum absolute atomic E-state index is 0. The van der Waals surface area contributed by atoms with Crippen LogP contribution in [0.15, 0.2) is 47.8 Å². The second kappa shape index (κ2) is 15.2. The van der Waals surface area contributed by atoms with Crippen LogP contribution in [0.3, 0.4) is 0 Å². The number of rotatable bonds is 8. The highest BCUT2D eigenvalue weighted by Gasteiger charge is 2.50. The zero-order valence-corrected chi connectivity index (χ0v) is 31.9. The summed E-state index contributed by atoms with van der Waals surface area (Å²) in [6.45, 7) is 0.697. The largest absolute Gasteiger partial charge is 0.507 e. The number of benzene rings is 3. The van der Waals surface area contributed by atoms with Crippen LogP contribution >= 0.6 is 45.3 Å². The molecule has 2 heterocycles. The summed E-state index contributed by atoms with van der Waals surface area (Å²) in [6.07, 6.45) is -5.56. The van der Waals surface area contributed by atoms with Gasteiger partial charge in [0.1, 0.15) is 26.7 Å². The first-order valence-electron chi connectivity index (χ1n) is 16.5. The van der Waals surface area contributed by atoms with Gasteiger partial charge in [0.2, 0.25) is 11.6 Å². The first-order valence-corrected chi connectivity index (χ1v) is 19.1. The molecular formula is C37H34ClNO12S3. The number of aliphatic hydroxyl groups is 2. The molecule has 6 atom stereocenters. The third-order valence-corrected chi connectivity index (χ3v) is 12.6. The number of esters is 1. The SMILES string of the molecule is COc1cccc2c1C(=O)c1c(O)c3c(c(O)c1C2=O)C[C@@](O)(C(=O)COC(=O)c1ccc(-c2cssc2=S)cc1)C[C@@H]3O[C@H]1C[C@H](N)[C@H](O)[C@H](C)O1.Cl. The Bertz CT molecular complexity index is 2230. The smallest absolute Gasteiger partial charge is 0.338 e. The summed E-state index contributed by atoms with van der Waals surface area (Å²) in [6, 6.07) is 10.0. The van der Waals surface area contributed by atoms with Gasteiger partial charge in [-0.15, -0.1) is 12.4 Å². The predicted octanol–water partition coefficient (Wildman–Crippen LogP) is 4.81. The highest BCUT2D eigenvalue weighted by Crippen LogP contribution is 2.52. The number of carbonyl (C=O) groups excluding carboxylic acids is 4. The van der Waals surface area contributed by atoms with Crippen molar-refractivity contribution < 1.29 is 58.6 Å². The van der Waals surface area contributed by atoms with E-state index in [1.165, 1.54) is 58.1 Å². The van der Waals surface area contributed by atoms with Gasteiger partial charge in [0.05, 0.1) is 47.7 Å². The van der Waals surface area contributed by atoms with Gasteiger partial charge in [0.25, 0.3) is 0 Å². The third kappa shape index (κ3) is 6.75. The average molecular weight is 816 g/mol. The quantitative estimate of drug-likeness (QED) is 0.0616. The molecule has 7 rings (SSSR count). The molecule has 1 saturated heterocycles. The number of phenols is 2. The van der Waals surface area contributed by atoms with E-state index in [0.29, 0.717) is 3.82 Å². The van der Waals surface area contributed by atoms with Gasteiger partial charge in [0, 0.05) is 52.9 Å². The molecule has 0 unspecified atom stereocenters. The standard InChI is InChI=1S/C37H33NO12S3.ClH/c1-15-30(40)21(38)10-25(49-15)50-23-12-37(46,24(39)13-48-35(45)17-8-6-16(7-9-17)20-14-52-53-36(20)51)11-19-27(23)34(44)29-28(32(19)42)31(41)18-4-3-5-22(47-2)26(18)33(29)43;/h3-9,14-15,21,23,25,30,40,42,44,46H,10-13,38H2,1-2H3;1H/t15-,21-,23-,25-,30+,37-;/m0./s1. The van der Waals surface area contributed by atoms with E-state index >= 15 is 0 Å². The van der Waals surface area contributed by atoms with Crippen LogP contribution in [0.4, 0.5) is 0 Å². The number of halogens is 1. The van der Waals surface area contributed by atoms with Crippen LogP contribution in [-0.4, -0.2) is 87.6 Å². The molecule has 2 aliphatic carbocycles. The van der Waals surface area contributed by atoms with Crippen molar-refractivity contribution in [3.05, 3.63) is 90.6 Å². The molecule has 0 radical (unpaired) electrons. The van der Waals surface area contributed by atoms with E-state index in [9.17, 15) is 39.6 Å². The van der Waals surface area contributed by atoms with Crippen molar-refractivity contribution in [2.45, 2.75) is 62.4 Å². The number of methoxy groups -OCH3 is 1. The molecule has 1 fully saturated rings. The Kier molecular flexibility index (Phi) is 11.1. The minimum Gasteiger partial charge on any atom is -0.507 e. The summed E-state index contributed by atoms with van der Waals surface area (Å²) < 4.78 is 23.4. The molecule has 3 aliphatic rings. The zero-order valence-electron chi connectivity index (χ0n) is 28.6. The lowest BCUT2D eigenvalue weighted by Crippen LogP contribution is -2.53. The maximum Gasteiger partial charge on any atom is 0.338 e. The molecule has 3 aromatic carbocycles. The van der Waals surface area contributed by atoms with E-state index in [0.717, 1.165) is 11.1 Å². The molecule has 6 N–H and O–H groups in total. The van der Waals surface area contributed by atoms with Gasteiger partial charge in [-0.1, -0.05) is 57.2 Å². The van der Waals surface area contributed by atoms with Crippen molar-refractivity contribution in [3.63, 3.8) is 0 Å².